The van der Waals surface area contributed by atoms with Crippen molar-refractivity contribution in [2.75, 3.05) is 7.05 Å². The van der Waals surface area contributed by atoms with Crippen LogP contribution in [0.2, 0.25) is 0 Å². The number of thiol groups is 1. The van der Waals surface area contributed by atoms with E-state index in [2.05, 4.69) is 28.6 Å². The van der Waals surface area contributed by atoms with E-state index in [0.717, 1.165) is 20.5 Å². The highest BCUT2D eigenvalue weighted by Crippen LogP contribution is 2.20. The Bertz CT molecular complexity index is 642. The summed E-state index contributed by atoms with van der Waals surface area (Å²) >= 11 is 7.81. The van der Waals surface area contributed by atoms with Crippen molar-refractivity contribution in [3.8, 4) is 0 Å². The molecule has 0 unspecified atom stereocenters. The quantitative estimate of drug-likeness (QED) is 0.818. The van der Waals surface area contributed by atoms with Crippen LogP contribution in [-0.4, -0.2) is 17.9 Å². The number of carbonyl (C=O) groups excluding carboxylic acids is 1. The molecule has 4 heteroatoms. The molecule has 2 rings (SSSR count). The number of nitrogens with zero attached hydrogens (tertiary/aromatic N) is 1. The Morgan fingerprint density at radius 2 is 1.95 bits per heavy atom. The Morgan fingerprint density at radius 1 is 1.25 bits per heavy atom. The number of rotatable bonds is 3. The van der Waals surface area contributed by atoms with Gasteiger partial charge < -0.3 is 4.90 Å². The first-order valence-corrected chi connectivity index (χ1v) is 7.51. The molecule has 0 N–H and O–H groups in total. The number of aryl methyl sites for hydroxylation is 1. The van der Waals surface area contributed by atoms with Crippen molar-refractivity contribution in [2.45, 2.75) is 18.4 Å². The third kappa shape index (κ3) is 3.44. The van der Waals surface area contributed by atoms with Gasteiger partial charge in [-0.2, -0.15) is 0 Å². The average molecular weight is 350 g/mol. The molecule has 1 amide bonds. The molecular weight excluding hydrogens is 334 g/mol. The maximum atomic E-state index is 12.5. The molecule has 20 heavy (non-hydrogen) atoms. The van der Waals surface area contributed by atoms with Crippen LogP contribution < -0.4 is 0 Å². The van der Waals surface area contributed by atoms with Crippen LogP contribution in [0, 0.1) is 6.92 Å². The fraction of sp³-hybridized carbons (Fsp3) is 0.188. The summed E-state index contributed by atoms with van der Waals surface area (Å²) in [5.74, 6) is 0.00848. The summed E-state index contributed by atoms with van der Waals surface area (Å²) < 4.78 is 1.01. The van der Waals surface area contributed by atoms with Gasteiger partial charge in [0.1, 0.15) is 0 Å². The smallest absolute Gasteiger partial charge is 0.254 e. The van der Waals surface area contributed by atoms with Crippen LogP contribution in [0.5, 0.6) is 0 Å². The molecule has 0 aliphatic heterocycles. The Morgan fingerprint density at radius 3 is 2.65 bits per heavy atom. The monoisotopic (exact) mass is 349 g/mol. The van der Waals surface area contributed by atoms with Crippen molar-refractivity contribution in [1.29, 1.82) is 0 Å². The summed E-state index contributed by atoms with van der Waals surface area (Å²) in [6, 6.07) is 13.5. The van der Waals surface area contributed by atoms with E-state index in [1.807, 2.05) is 56.4 Å². The number of hydrogen-bond acceptors (Lipinski definition) is 2. The minimum Gasteiger partial charge on any atom is -0.337 e. The number of benzene rings is 2. The van der Waals surface area contributed by atoms with E-state index in [1.165, 1.54) is 0 Å². The lowest BCUT2D eigenvalue weighted by Crippen LogP contribution is -2.27. The summed E-state index contributed by atoms with van der Waals surface area (Å²) in [6.45, 7) is 2.50. The molecule has 104 valence electrons. The molecule has 0 atom stereocenters. The predicted octanol–water partition coefficient (Wildman–Crippen LogP) is 4.32. The van der Waals surface area contributed by atoms with Crippen LogP contribution >= 0.6 is 28.6 Å². The summed E-state index contributed by atoms with van der Waals surface area (Å²) in [6.07, 6.45) is 0. The molecule has 2 aromatic rings. The second-order valence-corrected chi connectivity index (χ2v) is 6.12. The zero-order valence-electron chi connectivity index (χ0n) is 11.4. The second-order valence-electron chi connectivity index (χ2n) is 4.75. The Balaban J connectivity index is 2.21. The molecule has 0 bridgehead atoms. The summed E-state index contributed by atoms with van der Waals surface area (Å²) in [5, 5.41) is 0. The van der Waals surface area contributed by atoms with Gasteiger partial charge in [0.05, 0.1) is 0 Å². The fourth-order valence-electron chi connectivity index (χ4n) is 2.00. The Labute approximate surface area is 133 Å². The van der Waals surface area contributed by atoms with Crippen LogP contribution in [-0.2, 0) is 6.54 Å². The van der Waals surface area contributed by atoms with Crippen molar-refractivity contribution >= 4 is 34.5 Å². The van der Waals surface area contributed by atoms with Gasteiger partial charge in [0.25, 0.3) is 5.91 Å². The average Bonchev–Trinajstić information content (AvgIpc) is 2.43. The summed E-state index contributed by atoms with van der Waals surface area (Å²) in [5.41, 5.74) is 2.75. The largest absolute Gasteiger partial charge is 0.337 e. The highest BCUT2D eigenvalue weighted by Gasteiger charge is 2.15. The van der Waals surface area contributed by atoms with Crippen molar-refractivity contribution < 1.29 is 4.79 Å². The van der Waals surface area contributed by atoms with Crippen LogP contribution in [0.4, 0.5) is 0 Å². The molecule has 0 saturated carbocycles. The van der Waals surface area contributed by atoms with Gasteiger partial charge in [0.15, 0.2) is 0 Å². The number of carbonyl (C=O) groups is 1. The zero-order chi connectivity index (χ0) is 14.7. The third-order valence-electron chi connectivity index (χ3n) is 3.16. The highest BCUT2D eigenvalue weighted by atomic mass is 79.9. The van der Waals surface area contributed by atoms with E-state index < -0.39 is 0 Å². The molecule has 0 radical (unpaired) electrons. The van der Waals surface area contributed by atoms with E-state index in [-0.39, 0.29) is 5.91 Å². The van der Waals surface area contributed by atoms with Gasteiger partial charge in [0.2, 0.25) is 0 Å². The zero-order valence-corrected chi connectivity index (χ0v) is 13.9. The van der Waals surface area contributed by atoms with E-state index in [1.54, 1.807) is 4.90 Å². The molecular formula is C16H16BrNOS. The predicted molar refractivity (Wildman–Crippen MR) is 88.4 cm³/mol. The normalized spacial score (nSPS) is 10.4. The SMILES string of the molecule is Cc1ccc(S)cc1C(=O)N(C)Cc1ccccc1Br. The van der Waals surface area contributed by atoms with Gasteiger partial charge in [-0.25, -0.2) is 0 Å². The van der Waals surface area contributed by atoms with Crippen molar-refractivity contribution in [3.05, 3.63) is 63.6 Å². The topological polar surface area (TPSA) is 20.3 Å². The lowest BCUT2D eigenvalue weighted by Gasteiger charge is -2.19. The first-order chi connectivity index (χ1) is 9.49. The van der Waals surface area contributed by atoms with E-state index in [0.29, 0.717) is 12.1 Å². The van der Waals surface area contributed by atoms with E-state index >= 15 is 0 Å². The standard InChI is InChI=1S/C16H16BrNOS/c1-11-7-8-13(20)9-14(11)16(19)18(2)10-12-5-3-4-6-15(12)17/h3-9,20H,10H2,1-2H3. The second kappa shape index (κ2) is 6.46. The summed E-state index contributed by atoms with van der Waals surface area (Å²) in [4.78, 5) is 15.0. The maximum absolute atomic E-state index is 12.5. The number of hydrogen-bond donors (Lipinski definition) is 1. The number of amides is 1. The van der Waals surface area contributed by atoms with Gasteiger partial charge >= 0.3 is 0 Å². The first kappa shape index (κ1) is 15.1. The minimum atomic E-state index is 0.00848. The Hall–Kier alpha value is -1.26. The molecule has 0 heterocycles. The fourth-order valence-corrected chi connectivity index (χ4v) is 2.61. The Kier molecular flexibility index (Phi) is 4.89. The van der Waals surface area contributed by atoms with Crippen LogP contribution in [0.3, 0.4) is 0 Å². The van der Waals surface area contributed by atoms with E-state index in [4.69, 9.17) is 0 Å². The highest BCUT2D eigenvalue weighted by molar-refractivity contribution is 9.10. The van der Waals surface area contributed by atoms with Gasteiger partial charge in [-0.1, -0.05) is 40.2 Å². The molecule has 0 aliphatic carbocycles. The van der Waals surface area contributed by atoms with Gasteiger partial charge in [-0.3, -0.25) is 4.79 Å². The molecule has 0 saturated heterocycles. The summed E-state index contributed by atoms with van der Waals surface area (Å²) in [7, 11) is 1.81. The maximum Gasteiger partial charge on any atom is 0.254 e. The molecule has 2 aromatic carbocycles. The van der Waals surface area contributed by atoms with Crippen LogP contribution in [0.25, 0.3) is 0 Å². The molecule has 0 aromatic heterocycles. The van der Waals surface area contributed by atoms with Gasteiger partial charge in [-0.05, 0) is 36.2 Å². The van der Waals surface area contributed by atoms with Crippen molar-refractivity contribution in [3.63, 3.8) is 0 Å². The molecule has 0 fully saturated rings. The van der Waals surface area contributed by atoms with Gasteiger partial charge in [-0.15, -0.1) is 12.6 Å². The number of halogens is 1. The molecule has 0 aliphatic rings. The molecule has 2 nitrogen and oxygen atoms in total. The van der Waals surface area contributed by atoms with Crippen LogP contribution in [0.1, 0.15) is 21.5 Å². The lowest BCUT2D eigenvalue weighted by molar-refractivity contribution is 0.0784. The minimum absolute atomic E-state index is 0.00848. The third-order valence-corrected chi connectivity index (χ3v) is 4.22. The van der Waals surface area contributed by atoms with Gasteiger partial charge in [0, 0.05) is 28.5 Å². The molecule has 0 spiro atoms. The van der Waals surface area contributed by atoms with E-state index in [9.17, 15) is 4.79 Å². The lowest BCUT2D eigenvalue weighted by atomic mass is 10.1. The first-order valence-electron chi connectivity index (χ1n) is 6.27. The van der Waals surface area contributed by atoms with Crippen molar-refractivity contribution in [1.82, 2.24) is 4.90 Å². The van der Waals surface area contributed by atoms with Crippen molar-refractivity contribution in [2.24, 2.45) is 0 Å². The van der Waals surface area contributed by atoms with Crippen LogP contribution in [0.15, 0.2) is 51.8 Å².